The van der Waals surface area contributed by atoms with E-state index in [-0.39, 0.29) is 18.9 Å². The van der Waals surface area contributed by atoms with Crippen LogP contribution in [0.3, 0.4) is 0 Å². The summed E-state index contributed by atoms with van der Waals surface area (Å²) in [5.41, 5.74) is 0. The van der Waals surface area contributed by atoms with Gasteiger partial charge in [0, 0.05) is 6.42 Å². The van der Waals surface area contributed by atoms with E-state index >= 15 is 0 Å². The van der Waals surface area contributed by atoms with Gasteiger partial charge in [0.05, 0.1) is 32.0 Å². The van der Waals surface area contributed by atoms with Gasteiger partial charge in [-0.05, 0) is 64.2 Å². The molecular formula is C64H117NO13. The number of nitrogens with one attached hydrogen (secondary N) is 1. The van der Waals surface area contributed by atoms with E-state index in [0.717, 1.165) is 44.9 Å². The van der Waals surface area contributed by atoms with Crippen molar-refractivity contribution in [1.29, 1.82) is 0 Å². The molecule has 2 saturated heterocycles. The maximum Gasteiger partial charge on any atom is 0.220 e. The summed E-state index contributed by atoms with van der Waals surface area (Å²) in [7, 11) is 0. The predicted molar refractivity (Wildman–Crippen MR) is 314 cm³/mol. The molecule has 14 nitrogen and oxygen atoms in total. The maximum absolute atomic E-state index is 13.3. The zero-order valence-corrected chi connectivity index (χ0v) is 49.2. The molecule has 12 unspecified atom stereocenters. The SMILES string of the molecule is CCCCC/C=C\C/C=C\CCCCCCCCCCCC(=O)NC(COC1OC(CO)C(OC2OC(CO)C(O)C(O)C2O)C(O)C1O)C(O)/C=C/CC/C=C/CCCCCCCCCCCCCCCCCCCCC. The summed E-state index contributed by atoms with van der Waals surface area (Å²) >= 11 is 0. The van der Waals surface area contributed by atoms with Crippen molar-refractivity contribution in [2.45, 2.75) is 331 Å². The topological polar surface area (TPSA) is 228 Å². The lowest BCUT2D eigenvalue weighted by Crippen LogP contribution is -2.65. The second-order valence-corrected chi connectivity index (χ2v) is 22.5. The van der Waals surface area contributed by atoms with Crippen molar-refractivity contribution in [1.82, 2.24) is 5.32 Å². The zero-order valence-electron chi connectivity index (χ0n) is 49.2. The summed E-state index contributed by atoms with van der Waals surface area (Å²) in [6, 6.07) is -0.935. The molecule has 0 aromatic heterocycles. The summed E-state index contributed by atoms with van der Waals surface area (Å²) in [6.07, 6.45) is 45.8. The van der Waals surface area contributed by atoms with Crippen LogP contribution in [0.1, 0.15) is 258 Å². The van der Waals surface area contributed by atoms with Crippen molar-refractivity contribution in [2.24, 2.45) is 0 Å². The summed E-state index contributed by atoms with van der Waals surface area (Å²) < 4.78 is 22.8. The van der Waals surface area contributed by atoms with E-state index in [1.165, 1.54) is 180 Å². The highest BCUT2D eigenvalue weighted by molar-refractivity contribution is 5.76. The first-order valence-electron chi connectivity index (χ1n) is 31.9. The van der Waals surface area contributed by atoms with Crippen LogP contribution in [0.2, 0.25) is 0 Å². The number of amides is 1. The fraction of sp³-hybridized carbons (Fsp3) is 0.859. The minimum atomic E-state index is -1.79. The van der Waals surface area contributed by atoms with E-state index in [9.17, 15) is 45.6 Å². The monoisotopic (exact) mass is 1110 g/mol. The van der Waals surface area contributed by atoms with E-state index in [4.69, 9.17) is 18.9 Å². The summed E-state index contributed by atoms with van der Waals surface area (Å²) in [6.45, 7) is 2.77. The number of ether oxygens (including phenoxy) is 4. The van der Waals surface area contributed by atoms with Crippen LogP contribution in [-0.4, -0.2) is 140 Å². The first-order chi connectivity index (χ1) is 38.1. The Balaban J connectivity index is 1.75. The van der Waals surface area contributed by atoms with Gasteiger partial charge in [0.2, 0.25) is 5.91 Å². The Kier molecular flexibility index (Phi) is 45.8. The molecule has 2 heterocycles. The van der Waals surface area contributed by atoms with Crippen LogP contribution in [0.15, 0.2) is 48.6 Å². The number of hydrogen-bond acceptors (Lipinski definition) is 13. The largest absolute Gasteiger partial charge is 0.394 e. The number of aliphatic hydroxyl groups excluding tert-OH is 8. The Hall–Kier alpha value is -2.05. The van der Waals surface area contributed by atoms with Crippen LogP contribution < -0.4 is 5.32 Å². The second-order valence-electron chi connectivity index (χ2n) is 22.5. The number of hydrogen-bond donors (Lipinski definition) is 9. The summed E-state index contributed by atoms with van der Waals surface area (Å²) in [5.74, 6) is -0.253. The highest BCUT2D eigenvalue weighted by Gasteiger charge is 2.51. The molecule has 12 atom stereocenters. The maximum atomic E-state index is 13.3. The minimum absolute atomic E-state index is 0.253. The third-order valence-corrected chi connectivity index (χ3v) is 15.5. The predicted octanol–water partition coefficient (Wildman–Crippen LogP) is 11.6. The molecule has 2 aliphatic heterocycles. The first kappa shape index (κ1) is 72.1. The first-order valence-corrected chi connectivity index (χ1v) is 31.9. The molecule has 14 heteroatoms. The second kappa shape index (κ2) is 49.5. The third-order valence-electron chi connectivity index (χ3n) is 15.5. The summed E-state index contributed by atoms with van der Waals surface area (Å²) in [5, 5.41) is 87.2. The molecule has 2 aliphatic rings. The van der Waals surface area contributed by atoms with Crippen LogP contribution in [0.5, 0.6) is 0 Å². The Labute approximate surface area is 473 Å². The number of allylic oxidation sites excluding steroid dienone is 7. The van der Waals surface area contributed by atoms with Gasteiger partial charge in [-0.1, -0.05) is 236 Å². The highest BCUT2D eigenvalue weighted by atomic mass is 16.7. The Morgan fingerprint density at radius 2 is 0.859 bits per heavy atom. The number of rotatable bonds is 51. The van der Waals surface area contributed by atoms with E-state index < -0.39 is 86.8 Å². The molecule has 2 fully saturated rings. The van der Waals surface area contributed by atoms with Gasteiger partial charge in [-0.3, -0.25) is 4.79 Å². The number of aliphatic hydroxyl groups is 8. The average molecular weight is 1110 g/mol. The quantitative estimate of drug-likeness (QED) is 0.0204. The van der Waals surface area contributed by atoms with Crippen LogP contribution in [0.25, 0.3) is 0 Å². The Morgan fingerprint density at radius 3 is 1.36 bits per heavy atom. The van der Waals surface area contributed by atoms with Crippen LogP contribution in [-0.2, 0) is 23.7 Å². The molecule has 2 rings (SSSR count). The van der Waals surface area contributed by atoms with Gasteiger partial charge in [-0.2, -0.15) is 0 Å². The van der Waals surface area contributed by atoms with Crippen LogP contribution in [0, 0.1) is 0 Å². The lowest BCUT2D eigenvalue weighted by molar-refractivity contribution is -0.359. The van der Waals surface area contributed by atoms with Crippen molar-refractivity contribution in [2.75, 3.05) is 19.8 Å². The number of carbonyl (C=O) groups excluding carboxylic acids is 1. The van der Waals surface area contributed by atoms with Gasteiger partial charge in [0.25, 0.3) is 0 Å². The van der Waals surface area contributed by atoms with E-state index in [1.807, 2.05) is 6.08 Å². The van der Waals surface area contributed by atoms with E-state index in [1.54, 1.807) is 6.08 Å². The molecule has 0 bridgehead atoms. The van der Waals surface area contributed by atoms with Crippen molar-refractivity contribution >= 4 is 5.91 Å². The Bertz CT molecular complexity index is 1490. The summed E-state index contributed by atoms with van der Waals surface area (Å²) in [4.78, 5) is 13.3. The molecule has 0 aromatic carbocycles. The fourth-order valence-corrected chi connectivity index (χ4v) is 10.3. The lowest BCUT2D eigenvalue weighted by atomic mass is 9.97. The number of unbranched alkanes of at least 4 members (excludes halogenated alkanes) is 32. The van der Waals surface area contributed by atoms with Gasteiger partial charge in [-0.15, -0.1) is 0 Å². The fourth-order valence-electron chi connectivity index (χ4n) is 10.3. The van der Waals surface area contributed by atoms with E-state index in [2.05, 4.69) is 55.6 Å². The van der Waals surface area contributed by atoms with Gasteiger partial charge in [-0.25, -0.2) is 0 Å². The van der Waals surface area contributed by atoms with Crippen molar-refractivity contribution in [3.05, 3.63) is 48.6 Å². The molecule has 0 radical (unpaired) electrons. The number of carbonyl (C=O) groups is 1. The highest BCUT2D eigenvalue weighted by Crippen LogP contribution is 2.30. The molecule has 456 valence electrons. The molecular weight excluding hydrogens is 991 g/mol. The average Bonchev–Trinajstić information content (AvgIpc) is 3.48. The standard InChI is InChI=1S/C64H117NO13/c1-3-5-7-9-11-13-15-17-19-21-23-24-25-26-27-28-30-31-33-35-37-39-41-43-45-47-53(68)52(65-56(69)48-46-44-42-40-38-36-34-32-29-22-20-18-16-14-12-10-8-6-4-2)51-75-63-61(74)59(72)62(55(50-67)77-63)78-64-60(73)58(71)57(70)54(49-66)76-64/h12,14,18,20,37,39,45,47,52-55,57-64,66-68,70-74H,3-11,13,15-17,19,21-36,38,40-44,46,48-51H2,1-2H3,(H,65,69)/b14-12-,20-18-,39-37+,47-45+. The van der Waals surface area contributed by atoms with Crippen molar-refractivity contribution in [3.8, 4) is 0 Å². The molecule has 0 saturated carbocycles. The normalized spacial score (nSPS) is 24.8. The molecule has 0 aromatic rings. The molecule has 78 heavy (non-hydrogen) atoms. The van der Waals surface area contributed by atoms with Gasteiger partial charge < -0.3 is 65.1 Å². The smallest absolute Gasteiger partial charge is 0.220 e. The lowest BCUT2D eigenvalue weighted by Gasteiger charge is -2.46. The van der Waals surface area contributed by atoms with Gasteiger partial charge in [0.15, 0.2) is 12.6 Å². The van der Waals surface area contributed by atoms with Gasteiger partial charge in [0.1, 0.15) is 48.8 Å². The van der Waals surface area contributed by atoms with Crippen molar-refractivity contribution in [3.63, 3.8) is 0 Å². The Morgan fingerprint density at radius 1 is 0.462 bits per heavy atom. The van der Waals surface area contributed by atoms with Gasteiger partial charge >= 0.3 is 0 Å². The van der Waals surface area contributed by atoms with Crippen LogP contribution in [0.4, 0.5) is 0 Å². The van der Waals surface area contributed by atoms with E-state index in [0.29, 0.717) is 12.8 Å². The zero-order chi connectivity index (χ0) is 56.7. The molecule has 9 N–H and O–H groups in total. The molecule has 1 amide bonds. The minimum Gasteiger partial charge on any atom is -0.394 e. The third kappa shape index (κ3) is 34.4. The van der Waals surface area contributed by atoms with Crippen LogP contribution >= 0.6 is 0 Å². The van der Waals surface area contributed by atoms with Crippen molar-refractivity contribution < 1.29 is 64.6 Å². The molecule has 0 spiro atoms. The molecule has 0 aliphatic carbocycles.